The molecule has 2 aromatic rings. The summed E-state index contributed by atoms with van der Waals surface area (Å²) >= 11 is 0. The largest absolute Gasteiger partial charge is 0.396 e. The normalized spacial score (nSPS) is 9.89. The molecule has 0 aliphatic rings. The maximum Gasteiger partial charge on any atom is 0.248 e. The zero-order valence-corrected chi connectivity index (χ0v) is 10.4. The topological polar surface area (TPSA) is 87.9 Å². The molecule has 0 aliphatic heterocycles. The second-order valence-electron chi connectivity index (χ2n) is 4.08. The van der Waals surface area contributed by atoms with Gasteiger partial charge in [0.2, 0.25) is 5.91 Å². The fourth-order valence-electron chi connectivity index (χ4n) is 1.61. The van der Waals surface area contributed by atoms with Gasteiger partial charge >= 0.3 is 0 Å². The van der Waals surface area contributed by atoms with Crippen molar-refractivity contribution in [3.05, 3.63) is 42.2 Å². The van der Waals surface area contributed by atoms with Crippen molar-refractivity contribution in [2.75, 3.05) is 17.7 Å². The quantitative estimate of drug-likeness (QED) is 0.886. The van der Waals surface area contributed by atoms with E-state index in [1.165, 1.54) is 15.8 Å². The molecule has 1 aromatic heterocycles. The molecule has 0 atom stereocenters. The third-order valence-corrected chi connectivity index (χ3v) is 2.71. The number of rotatable bonds is 3. The van der Waals surface area contributed by atoms with E-state index in [4.69, 9.17) is 11.0 Å². The van der Waals surface area contributed by atoms with Crippen molar-refractivity contribution in [1.82, 2.24) is 9.78 Å². The third kappa shape index (κ3) is 2.90. The van der Waals surface area contributed by atoms with Crippen LogP contribution in [-0.2, 0) is 11.3 Å². The molecule has 19 heavy (non-hydrogen) atoms. The predicted octanol–water partition coefficient (Wildman–Crippen LogP) is 1.000. The third-order valence-electron chi connectivity index (χ3n) is 2.71. The highest BCUT2D eigenvalue weighted by atomic mass is 16.2. The number of nitrogens with two attached hydrogens (primary N) is 1. The number of likely N-dealkylation sites (N-methyl/N-ethyl adjacent to an activating group) is 1. The Morgan fingerprint density at radius 2 is 2.16 bits per heavy atom. The minimum Gasteiger partial charge on any atom is -0.396 e. The van der Waals surface area contributed by atoms with E-state index in [1.807, 2.05) is 6.07 Å². The number of anilines is 2. The van der Waals surface area contributed by atoms with Crippen LogP contribution in [0.5, 0.6) is 0 Å². The number of benzene rings is 1. The van der Waals surface area contributed by atoms with Crippen LogP contribution in [0.1, 0.15) is 5.56 Å². The lowest BCUT2D eigenvalue weighted by atomic mass is 10.2. The predicted molar refractivity (Wildman–Crippen MR) is 71.2 cm³/mol. The molecule has 0 saturated carbocycles. The van der Waals surface area contributed by atoms with Gasteiger partial charge in [0.25, 0.3) is 0 Å². The van der Waals surface area contributed by atoms with Gasteiger partial charge in [0.05, 0.1) is 23.5 Å². The van der Waals surface area contributed by atoms with Crippen LogP contribution in [0.3, 0.4) is 0 Å². The van der Waals surface area contributed by atoms with Gasteiger partial charge in [-0.2, -0.15) is 10.4 Å². The summed E-state index contributed by atoms with van der Waals surface area (Å²) in [4.78, 5) is 13.5. The highest BCUT2D eigenvalue weighted by Crippen LogP contribution is 2.14. The Labute approximate surface area is 110 Å². The van der Waals surface area contributed by atoms with Crippen LogP contribution in [0.2, 0.25) is 0 Å². The van der Waals surface area contributed by atoms with E-state index in [0.29, 0.717) is 11.3 Å². The molecule has 0 fully saturated rings. The van der Waals surface area contributed by atoms with Crippen molar-refractivity contribution < 1.29 is 4.79 Å². The van der Waals surface area contributed by atoms with E-state index in [1.54, 1.807) is 37.5 Å². The van der Waals surface area contributed by atoms with E-state index in [0.717, 1.165) is 5.69 Å². The lowest BCUT2D eigenvalue weighted by Crippen LogP contribution is -2.30. The van der Waals surface area contributed by atoms with Crippen molar-refractivity contribution in [3.63, 3.8) is 0 Å². The first kappa shape index (κ1) is 12.6. The fourth-order valence-corrected chi connectivity index (χ4v) is 1.61. The Morgan fingerprint density at radius 3 is 2.68 bits per heavy atom. The van der Waals surface area contributed by atoms with Crippen molar-refractivity contribution >= 4 is 17.3 Å². The van der Waals surface area contributed by atoms with Gasteiger partial charge in [-0.3, -0.25) is 9.48 Å². The van der Waals surface area contributed by atoms with Gasteiger partial charge in [-0.25, -0.2) is 0 Å². The number of nitriles is 1. The van der Waals surface area contributed by atoms with Crippen LogP contribution in [0.25, 0.3) is 0 Å². The van der Waals surface area contributed by atoms with Gasteiger partial charge in [0.15, 0.2) is 0 Å². The van der Waals surface area contributed by atoms with E-state index in [9.17, 15) is 4.79 Å². The summed E-state index contributed by atoms with van der Waals surface area (Å²) in [6.07, 6.45) is 3.10. The Kier molecular flexibility index (Phi) is 3.48. The summed E-state index contributed by atoms with van der Waals surface area (Å²) in [5.74, 6) is -0.118. The molecule has 1 aromatic carbocycles. The minimum atomic E-state index is -0.118. The first-order valence-electron chi connectivity index (χ1n) is 5.65. The van der Waals surface area contributed by atoms with Crippen molar-refractivity contribution in [3.8, 4) is 6.07 Å². The molecule has 2 N–H and O–H groups in total. The summed E-state index contributed by atoms with van der Waals surface area (Å²) < 4.78 is 1.48. The summed E-state index contributed by atoms with van der Waals surface area (Å²) in [5, 5.41) is 12.7. The highest BCUT2D eigenvalue weighted by Gasteiger charge is 2.12. The lowest BCUT2D eigenvalue weighted by molar-refractivity contribution is -0.119. The van der Waals surface area contributed by atoms with Gasteiger partial charge in [0, 0.05) is 18.9 Å². The molecule has 6 nitrogen and oxygen atoms in total. The molecule has 2 rings (SSSR count). The monoisotopic (exact) mass is 255 g/mol. The second-order valence-corrected chi connectivity index (χ2v) is 4.08. The number of carbonyl (C=O) groups is 1. The van der Waals surface area contributed by atoms with Crippen LogP contribution >= 0.6 is 0 Å². The zero-order valence-electron chi connectivity index (χ0n) is 10.4. The minimum absolute atomic E-state index is 0.118. The SMILES string of the molecule is CN(C(=O)Cn1cc(N)cn1)c1ccc(C#N)cc1. The summed E-state index contributed by atoms with van der Waals surface area (Å²) in [5.41, 5.74) is 7.34. The molecule has 0 radical (unpaired) electrons. The molecule has 1 amide bonds. The number of carbonyl (C=O) groups excluding carboxylic acids is 1. The van der Waals surface area contributed by atoms with Crippen LogP contribution in [0.4, 0.5) is 11.4 Å². The Bertz CT molecular complexity index is 623. The average Bonchev–Trinajstić information content (AvgIpc) is 2.83. The standard InChI is InChI=1S/C13H13N5O/c1-17(12-4-2-10(6-14)3-5-12)13(19)9-18-8-11(15)7-16-18/h2-5,7-8H,9,15H2,1H3. The summed E-state index contributed by atoms with van der Waals surface area (Å²) in [7, 11) is 1.68. The van der Waals surface area contributed by atoms with E-state index in [-0.39, 0.29) is 12.5 Å². The Hall–Kier alpha value is -2.81. The van der Waals surface area contributed by atoms with Crippen molar-refractivity contribution in [1.29, 1.82) is 5.26 Å². The van der Waals surface area contributed by atoms with E-state index >= 15 is 0 Å². The van der Waals surface area contributed by atoms with Gasteiger partial charge < -0.3 is 10.6 Å². The fraction of sp³-hybridized carbons (Fsp3) is 0.154. The molecular formula is C13H13N5O. The molecule has 0 unspecified atom stereocenters. The smallest absolute Gasteiger partial charge is 0.248 e. The maximum absolute atomic E-state index is 12.0. The van der Waals surface area contributed by atoms with Crippen molar-refractivity contribution in [2.45, 2.75) is 6.54 Å². The average molecular weight is 255 g/mol. The van der Waals surface area contributed by atoms with Gasteiger partial charge in [-0.15, -0.1) is 0 Å². The van der Waals surface area contributed by atoms with Gasteiger partial charge in [0.1, 0.15) is 6.54 Å². The molecule has 1 heterocycles. The number of hydrogen-bond donors (Lipinski definition) is 1. The molecule has 0 aliphatic carbocycles. The summed E-state index contributed by atoms with van der Waals surface area (Å²) in [6, 6.07) is 8.84. The Morgan fingerprint density at radius 1 is 1.47 bits per heavy atom. The number of nitrogen functional groups attached to an aromatic ring is 1. The Balaban J connectivity index is 2.08. The van der Waals surface area contributed by atoms with Crippen LogP contribution in [-0.4, -0.2) is 22.7 Å². The van der Waals surface area contributed by atoms with E-state index in [2.05, 4.69) is 5.10 Å². The molecular weight excluding hydrogens is 242 g/mol. The zero-order chi connectivity index (χ0) is 13.8. The molecule has 0 spiro atoms. The number of aromatic nitrogens is 2. The van der Waals surface area contributed by atoms with Gasteiger partial charge in [-0.1, -0.05) is 0 Å². The number of nitrogens with zero attached hydrogens (tertiary/aromatic N) is 4. The molecule has 0 saturated heterocycles. The summed E-state index contributed by atoms with van der Waals surface area (Å²) in [6.45, 7) is 0.119. The first-order valence-corrected chi connectivity index (χ1v) is 5.65. The first-order chi connectivity index (χ1) is 9.10. The number of amides is 1. The molecule has 6 heteroatoms. The second kappa shape index (κ2) is 5.23. The van der Waals surface area contributed by atoms with Gasteiger partial charge in [-0.05, 0) is 24.3 Å². The number of hydrogen-bond acceptors (Lipinski definition) is 4. The van der Waals surface area contributed by atoms with Crippen LogP contribution in [0.15, 0.2) is 36.7 Å². The highest BCUT2D eigenvalue weighted by molar-refractivity contribution is 5.92. The maximum atomic E-state index is 12.0. The van der Waals surface area contributed by atoms with E-state index < -0.39 is 0 Å². The van der Waals surface area contributed by atoms with Crippen molar-refractivity contribution in [2.24, 2.45) is 0 Å². The van der Waals surface area contributed by atoms with Crippen LogP contribution < -0.4 is 10.6 Å². The molecule has 96 valence electrons. The van der Waals surface area contributed by atoms with Crippen LogP contribution in [0, 0.1) is 11.3 Å². The molecule has 0 bridgehead atoms. The lowest BCUT2D eigenvalue weighted by Gasteiger charge is -2.17.